The smallest absolute Gasteiger partial charge is 0.228 e. The van der Waals surface area contributed by atoms with Crippen molar-refractivity contribution in [2.24, 2.45) is 10.9 Å². The molecule has 1 aliphatic heterocycles. The highest BCUT2D eigenvalue weighted by Crippen LogP contribution is 2.41. The minimum absolute atomic E-state index is 0.128. The maximum Gasteiger partial charge on any atom is 0.228 e. The zero-order chi connectivity index (χ0) is 22.7. The summed E-state index contributed by atoms with van der Waals surface area (Å²) in [5.41, 5.74) is 0.125. The lowest BCUT2D eigenvalue weighted by molar-refractivity contribution is -0.0648. The van der Waals surface area contributed by atoms with Gasteiger partial charge in [0.2, 0.25) is 5.90 Å². The first-order chi connectivity index (χ1) is 13.1. The third-order valence-electron chi connectivity index (χ3n) is 6.38. The van der Waals surface area contributed by atoms with E-state index >= 15 is 0 Å². The number of rotatable bonds is 9. The van der Waals surface area contributed by atoms with Crippen LogP contribution in [-0.4, -0.2) is 62.7 Å². The first kappa shape index (κ1) is 25.8. The standard InChI is InChI=1S/C23H43N3O2Si/c1-12-13-14-23(8,18(2)3)25-19(20(24)27-9)15-26-16-22(7,17-26)28-29(10,11)21(4,5)6/h12-14,18,24H,1,15-17H2,2-11H3/b14-13-,24-20?,25-19-. The third kappa shape index (κ3) is 6.62. The predicted molar refractivity (Wildman–Crippen MR) is 128 cm³/mol. The molecule has 1 N–H and O–H groups in total. The van der Waals surface area contributed by atoms with Gasteiger partial charge in [-0.3, -0.25) is 15.3 Å². The molecular formula is C23H43N3O2Si. The Morgan fingerprint density at radius 1 is 1.28 bits per heavy atom. The van der Waals surface area contributed by atoms with E-state index in [1.54, 1.807) is 6.08 Å². The molecule has 1 saturated heterocycles. The molecule has 1 fully saturated rings. The van der Waals surface area contributed by atoms with Crippen molar-refractivity contribution in [3.05, 3.63) is 24.8 Å². The number of aliphatic imine (C=N–C) groups is 1. The van der Waals surface area contributed by atoms with E-state index in [2.05, 4.69) is 73.0 Å². The molecule has 5 nitrogen and oxygen atoms in total. The van der Waals surface area contributed by atoms with E-state index in [1.165, 1.54) is 7.11 Å². The quantitative estimate of drug-likeness (QED) is 0.238. The topological polar surface area (TPSA) is 57.9 Å². The first-order valence-electron chi connectivity index (χ1n) is 10.5. The maximum absolute atomic E-state index is 8.26. The minimum atomic E-state index is -1.82. The van der Waals surface area contributed by atoms with Gasteiger partial charge in [-0.2, -0.15) is 0 Å². The summed E-state index contributed by atoms with van der Waals surface area (Å²) in [4.78, 5) is 7.25. The van der Waals surface area contributed by atoms with Crippen LogP contribution in [0.4, 0.5) is 0 Å². The lowest BCUT2D eigenvalue weighted by Crippen LogP contribution is -2.66. The van der Waals surface area contributed by atoms with Gasteiger partial charge in [0.25, 0.3) is 0 Å². The van der Waals surface area contributed by atoms with Crippen molar-refractivity contribution in [3.63, 3.8) is 0 Å². The zero-order valence-electron chi connectivity index (χ0n) is 20.3. The Morgan fingerprint density at radius 2 is 1.83 bits per heavy atom. The molecule has 1 atom stereocenters. The van der Waals surface area contributed by atoms with E-state index in [-0.39, 0.29) is 22.5 Å². The van der Waals surface area contributed by atoms with Crippen LogP contribution >= 0.6 is 0 Å². The van der Waals surface area contributed by atoms with Crippen molar-refractivity contribution < 1.29 is 9.16 Å². The summed E-state index contributed by atoms with van der Waals surface area (Å²) in [6.07, 6.45) is 5.73. The van der Waals surface area contributed by atoms with Gasteiger partial charge in [-0.1, -0.05) is 59.4 Å². The van der Waals surface area contributed by atoms with Gasteiger partial charge in [0.1, 0.15) is 5.71 Å². The lowest BCUT2D eigenvalue weighted by Gasteiger charge is -2.53. The number of methoxy groups -OCH3 is 1. The summed E-state index contributed by atoms with van der Waals surface area (Å²) in [6.45, 7) is 26.0. The first-order valence-corrected chi connectivity index (χ1v) is 13.4. The average Bonchev–Trinajstić information content (AvgIpc) is 2.55. The van der Waals surface area contributed by atoms with Crippen LogP contribution in [-0.2, 0) is 9.16 Å². The van der Waals surface area contributed by atoms with E-state index in [4.69, 9.17) is 19.6 Å². The molecule has 1 unspecified atom stereocenters. The molecule has 0 radical (unpaired) electrons. The SMILES string of the molecule is C=C/C=C\C(C)(/N=C(/CN1CC(C)(O[Si](C)(C)C(C)(C)C)C1)C(=N)OC)C(C)C. The van der Waals surface area contributed by atoms with E-state index in [1.807, 2.05) is 12.2 Å². The summed E-state index contributed by atoms with van der Waals surface area (Å²) in [5, 5.41) is 8.45. The predicted octanol–water partition coefficient (Wildman–Crippen LogP) is 5.30. The van der Waals surface area contributed by atoms with E-state index in [0.717, 1.165) is 13.1 Å². The molecule has 0 aromatic heterocycles. The summed E-state index contributed by atoms with van der Waals surface area (Å²) in [6, 6.07) is 0. The second-order valence-electron chi connectivity index (χ2n) is 10.5. The molecule has 1 heterocycles. The van der Waals surface area contributed by atoms with Crippen LogP contribution in [0.1, 0.15) is 48.5 Å². The highest BCUT2D eigenvalue weighted by Gasteiger charge is 2.48. The molecule has 6 heteroatoms. The number of hydrogen-bond donors (Lipinski definition) is 1. The van der Waals surface area contributed by atoms with Gasteiger partial charge in [-0.15, -0.1) is 0 Å². The van der Waals surface area contributed by atoms with Gasteiger partial charge in [0.05, 0.1) is 18.2 Å². The summed E-state index contributed by atoms with van der Waals surface area (Å²) in [7, 11) is -0.286. The molecule has 0 saturated carbocycles. The monoisotopic (exact) mass is 421 g/mol. The Balaban J connectivity index is 2.97. The van der Waals surface area contributed by atoms with Gasteiger partial charge in [0.15, 0.2) is 8.32 Å². The Labute approximate surface area is 179 Å². The van der Waals surface area contributed by atoms with Crippen LogP contribution in [0.25, 0.3) is 0 Å². The summed E-state index contributed by atoms with van der Waals surface area (Å²) < 4.78 is 11.9. The molecule has 0 spiro atoms. The average molecular weight is 422 g/mol. The fourth-order valence-corrected chi connectivity index (χ4v) is 4.91. The van der Waals surface area contributed by atoms with Crippen molar-refractivity contribution in [2.45, 2.75) is 77.7 Å². The van der Waals surface area contributed by atoms with E-state index < -0.39 is 13.9 Å². The lowest BCUT2D eigenvalue weighted by atomic mass is 9.88. The van der Waals surface area contributed by atoms with Gasteiger partial charge in [0, 0.05) is 19.6 Å². The van der Waals surface area contributed by atoms with Crippen molar-refractivity contribution in [1.82, 2.24) is 4.90 Å². The fourth-order valence-electron chi connectivity index (χ4n) is 3.25. The molecule has 0 aromatic carbocycles. The highest BCUT2D eigenvalue weighted by molar-refractivity contribution is 6.74. The van der Waals surface area contributed by atoms with Crippen molar-refractivity contribution in [2.75, 3.05) is 26.7 Å². The summed E-state index contributed by atoms with van der Waals surface area (Å²) >= 11 is 0. The van der Waals surface area contributed by atoms with Crippen LogP contribution < -0.4 is 0 Å². The highest BCUT2D eigenvalue weighted by atomic mass is 28.4. The number of hydrogen-bond acceptors (Lipinski definition) is 5. The Bertz CT molecular complexity index is 656. The minimum Gasteiger partial charge on any atom is -0.480 e. The molecule has 0 aliphatic carbocycles. The molecule has 0 bridgehead atoms. The van der Waals surface area contributed by atoms with Gasteiger partial charge >= 0.3 is 0 Å². The molecule has 1 rings (SSSR count). The summed E-state index contributed by atoms with van der Waals surface area (Å²) in [5.74, 6) is 0.407. The van der Waals surface area contributed by atoms with Crippen LogP contribution in [0.15, 0.2) is 29.8 Å². The molecule has 166 valence electrons. The molecule has 29 heavy (non-hydrogen) atoms. The van der Waals surface area contributed by atoms with Gasteiger partial charge < -0.3 is 9.16 Å². The Kier molecular flexibility index (Phi) is 8.25. The van der Waals surface area contributed by atoms with E-state index in [9.17, 15) is 0 Å². The van der Waals surface area contributed by atoms with Crippen molar-refractivity contribution >= 4 is 19.9 Å². The molecule has 1 aliphatic rings. The largest absolute Gasteiger partial charge is 0.480 e. The van der Waals surface area contributed by atoms with Crippen LogP contribution in [0.5, 0.6) is 0 Å². The van der Waals surface area contributed by atoms with Crippen LogP contribution in [0, 0.1) is 11.3 Å². The Hall–Kier alpha value is -1.24. The van der Waals surface area contributed by atoms with Gasteiger partial charge in [-0.05, 0) is 37.9 Å². The second-order valence-corrected chi connectivity index (χ2v) is 15.2. The van der Waals surface area contributed by atoms with Crippen LogP contribution in [0.2, 0.25) is 18.1 Å². The molecular weight excluding hydrogens is 378 g/mol. The number of nitrogens with one attached hydrogen (secondary N) is 1. The van der Waals surface area contributed by atoms with E-state index in [0.29, 0.717) is 12.3 Å². The fraction of sp³-hybridized carbons (Fsp3) is 0.739. The number of ether oxygens (including phenoxy) is 1. The van der Waals surface area contributed by atoms with Gasteiger partial charge in [-0.25, -0.2) is 0 Å². The Morgan fingerprint density at radius 3 is 2.24 bits per heavy atom. The zero-order valence-corrected chi connectivity index (χ0v) is 21.3. The maximum atomic E-state index is 8.26. The number of allylic oxidation sites excluding steroid dienone is 2. The van der Waals surface area contributed by atoms with Crippen molar-refractivity contribution in [1.29, 1.82) is 5.41 Å². The van der Waals surface area contributed by atoms with Crippen LogP contribution in [0.3, 0.4) is 0 Å². The normalized spacial score (nSPS) is 20.4. The van der Waals surface area contributed by atoms with Crippen molar-refractivity contribution in [3.8, 4) is 0 Å². The second kappa shape index (κ2) is 9.27. The molecule has 0 amide bonds. The third-order valence-corrected chi connectivity index (χ3v) is 11.0. The number of likely N-dealkylation sites (tertiary alicyclic amines) is 1. The molecule has 0 aromatic rings. The number of nitrogens with zero attached hydrogens (tertiary/aromatic N) is 2.